The molecule has 0 spiro atoms. The quantitative estimate of drug-likeness (QED) is 0.645. The van der Waals surface area contributed by atoms with Crippen LogP contribution in [-0.4, -0.2) is 30.3 Å². The molecule has 1 atom stereocenters. The third kappa shape index (κ3) is 5.72. The minimum atomic E-state index is -0.492. The SMILES string of the molecule is CC(C)C(CO)NCc1ccc(OCC(N)=O)cc1. The summed E-state index contributed by atoms with van der Waals surface area (Å²) in [5, 5.41) is 12.5. The predicted octanol–water partition coefficient (Wildman–Crippen LogP) is 0.657. The van der Waals surface area contributed by atoms with Gasteiger partial charge in [-0.1, -0.05) is 26.0 Å². The van der Waals surface area contributed by atoms with Gasteiger partial charge in [0.25, 0.3) is 5.91 Å². The Bertz CT molecular complexity index is 390. The van der Waals surface area contributed by atoms with E-state index in [9.17, 15) is 9.90 Å². The van der Waals surface area contributed by atoms with Gasteiger partial charge in [0.05, 0.1) is 6.61 Å². The number of hydrogen-bond acceptors (Lipinski definition) is 4. The molecule has 0 heterocycles. The molecule has 0 aromatic heterocycles. The molecule has 0 saturated carbocycles. The van der Waals surface area contributed by atoms with E-state index >= 15 is 0 Å². The summed E-state index contributed by atoms with van der Waals surface area (Å²) in [4.78, 5) is 10.6. The normalized spacial score (nSPS) is 12.4. The highest BCUT2D eigenvalue weighted by atomic mass is 16.5. The minimum absolute atomic E-state index is 0.0887. The van der Waals surface area contributed by atoms with E-state index in [1.165, 1.54) is 0 Å². The first-order valence-electron chi connectivity index (χ1n) is 6.37. The van der Waals surface area contributed by atoms with Gasteiger partial charge in [-0.2, -0.15) is 0 Å². The smallest absolute Gasteiger partial charge is 0.255 e. The van der Waals surface area contributed by atoms with Crippen molar-refractivity contribution in [3.05, 3.63) is 29.8 Å². The Morgan fingerprint density at radius 2 is 2.00 bits per heavy atom. The van der Waals surface area contributed by atoms with Gasteiger partial charge in [-0.15, -0.1) is 0 Å². The summed E-state index contributed by atoms with van der Waals surface area (Å²) in [6.45, 7) is 4.82. The third-order valence-electron chi connectivity index (χ3n) is 2.87. The van der Waals surface area contributed by atoms with Crippen molar-refractivity contribution in [2.45, 2.75) is 26.4 Å². The van der Waals surface area contributed by atoms with Gasteiger partial charge in [-0.25, -0.2) is 0 Å². The topological polar surface area (TPSA) is 84.6 Å². The number of aliphatic hydroxyl groups is 1. The molecule has 0 saturated heterocycles. The van der Waals surface area contributed by atoms with Crippen LogP contribution in [0.2, 0.25) is 0 Å². The Hall–Kier alpha value is -1.59. The summed E-state index contributed by atoms with van der Waals surface area (Å²) in [6, 6.07) is 7.51. The van der Waals surface area contributed by atoms with Crippen LogP contribution in [0.4, 0.5) is 0 Å². The molecule has 5 heteroatoms. The van der Waals surface area contributed by atoms with E-state index in [0.29, 0.717) is 18.2 Å². The fraction of sp³-hybridized carbons (Fsp3) is 0.500. The van der Waals surface area contributed by atoms with Crippen LogP contribution in [0.3, 0.4) is 0 Å². The lowest BCUT2D eigenvalue weighted by Crippen LogP contribution is -2.36. The molecule has 1 aromatic rings. The lowest BCUT2D eigenvalue weighted by Gasteiger charge is -2.20. The number of hydrogen-bond donors (Lipinski definition) is 3. The van der Waals surface area contributed by atoms with Crippen molar-refractivity contribution >= 4 is 5.91 Å². The Morgan fingerprint density at radius 3 is 2.47 bits per heavy atom. The summed E-state index contributed by atoms with van der Waals surface area (Å²) in [5.74, 6) is 0.502. The van der Waals surface area contributed by atoms with E-state index in [1.807, 2.05) is 12.1 Å². The van der Waals surface area contributed by atoms with Gasteiger partial charge in [-0.3, -0.25) is 4.79 Å². The molecule has 0 aliphatic carbocycles. The highest BCUT2D eigenvalue weighted by Crippen LogP contribution is 2.12. The number of primary amides is 1. The van der Waals surface area contributed by atoms with Crippen molar-refractivity contribution in [1.29, 1.82) is 0 Å². The Kier molecular flexibility index (Phi) is 6.32. The number of rotatable bonds is 8. The highest BCUT2D eigenvalue weighted by molar-refractivity contribution is 5.75. The standard InChI is InChI=1S/C14H22N2O3/c1-10(2)13(8-17)16-7-11-3-5-12(6-4-11)19-9-14(15)18/h3-6,10,13,16-17H,7-9H2,1-2H3,(H2,15,18). The number of amides is 1. The molecule has 1 amide bonds. The first-order valence-corrected chi connectivity index (χ1v) is 6.37. The summed E-state index contributed by atoms with van der Waals surface area (Å²) in [5.41, 5.74) is 6.09. The maximum Gasteiger partial charge on any atom is 0.255 e. The van der Waals surface area contributed by atoms with Crippen molar-refractivity contribution < 1.29 is 14.6 Å². The number of ether oxygens (including phenoxy) is 1. The largest absolute Gasteiger partial charge is 0.484 e. The average molecular weight is 266 g/mol. The first-order chi connectivity index (χ1) is 9.02. The molecule has 0 bridgehead atoms. The second-order valence-electron chi connectivity index (χ2n) is 4.81. The van der Waals surface area contributed by atoms with E-state index < -0.39 is 5.91 Å². The van der Waals surface area contributed by atoms with Crippen molar-refractivity contribution in [3.63, 3.8) is 0 Å². The zero-order chi connectivity index (χ0) is 14.3. The van der Waals surface area contributed by atoms with E-state index in [2.05, 4.69) is 19.2 Å². The molecular formula is C14H22N2O3. The monoisotopic (exact) mass is 266 g/mol. The van der Waals surface area contributed by atoms with Crippen molar-refractivity contribution in [1.82, 2.24) is 5.32 Å². The van der Waals surface area contributed by atoms with Crippen LogP contribution in [0, 0.1) is 5.92 Å². The zero-order valence-electron chi connectivity index (χ0n) is 11.4. The van der Waals surface area contributed by atoms with Crippen LogP contribution >= 0.6 is 0 Å². The molecule has 1 rings (SSSR count). The van der Waals surface area contributed by atoms with Crippen LogP contribution in [0.1, 0.15) is 19.4 Å². The molecule has 0 fully saturated rings. The average Bonchev–Trinajstić information content (AvgIpc) is 2.38. The van der Waals surface area contributed by atoms with Crippen molar-refractivity contribution in [2.75, 3.05) is 13.2 Å². The molecule has 4 N–H and O–H groups in total. The zero-order valence-corrected chi connectivity index (χ0v) is 11.4. The Morgan fingerprint density at radius 1 is 1.37 bits per heavy atom. The second kappa shape index (κ2) is 7.76. The first kappa shape index (κ1) is 15.5. The van der Waals surface area contributed by atoms with Crippen LogP contribution in [0.25, 0.3) is 0 Å². The van der Waals surface area contributed by atoms with Crippen LogP contribution in [0.5, 0.6) is 5.75 Å². The number of nitrogens with one attached hydrogen (secondary N) is 1. The van der Waals surface area contributed by atoms with Gasteiger partial charge in [-0.05, 0) is 23.6 Å². The lowest BCUT2D eigenvalue weighted by atomic mass is 10.1. The summed E-state index contributed by atoms with van der Waals surface area (Å²) >= 11 is 0. The van der Waals surface area contributed by atoms with Crippen LogP contribution < -0.4 is 15.8 Å². The second-order valence-corrected chi connectivity index (χ2v) is 4.81. The Labute approximate surface area is 113 Å². The van der Waals surface area contributed by atoms with E-state index in [4.69, 9.17) is 10.5 Å². The maximum absolute atomic E-state index is 10.6. The van der Waals surface area contributed by atoms with Gasteiger partial charge in [0.2, 0.25) is 0 Å². The minimum Gasteiger partial charge on any atom is -0.484 e. The highest BCUT2D eigenvalue weighted by Gasteiger charge is 2.10. The van der Waals surface area contributed by atoms with Gasteiger partial charge < -0.3 is 20.9 Å². The molecular weight excluding hydrogens is 244 g/mol. The van der Waals surface area contributed by atoms with Crippen molar-refractivity contribution in [3.8, 4) is 5.75 Å². The van der Waals surface area contributed by atoms with Gasteiger partial charge in [0.15, 0.2) is 6.61 Å². The molecule has 19 heavy (non-hydrogen) atoms. The summed E-state index contributed by atoms with van der Waals surface area (Å²) < 4.78 is 5.17. The number of aliphatic hydroxyl groups excluding tert-OH is 1. The van der Waals surface area contributed by atoms with Gasteiger partial charge in [0.1, 0.15) is 5.75 Å². The number of nitrogens with two attached hydrogens (primary N) is 1. The third-order valence-corrected chi connectivity index (χ3v) is 2.87. The van der Waals surface area contributed by atoms with E-state index in [1.54, 1.807) is 12.1 Å². The summed E-state index contributed by atoms with van der Waals surface area (Å²) in [6.07, 6.45) is 0. The molecule has 1 unspecified atom stereocenters. The predicted molar refractivity (Wildman–Crippen MR) is 73.7 cm³/mol. The van der Waals surface area contributed by atoms with Crippen LogP contribution in [0.15, 0.2) is 24.3 Å². The molecule has 1 aromatic carbocycles. The summed E-state index contributed by atoms with van der Waals surface area (Å²) in [7, 11) is 0. The number of carbonyl (C=O) groups is 1. The number of carbonyl (C=O) groups excluding carboxylic acids is 1. The fourth-order valence-corrected chi connectivity index (χ4v) is 1.62. The lowest BCUT2D eigenvalue weighted by molar-refractivity contribution is -0.119. The molecule has 0 aliphatic rings. The maximum atomic E-state index is 10.6. The molecule has 106 valence electrons. The van der Waals surface area contributed by atoms with Gasteiger partial charge >= 0.3 is 0 Å². The van der Waals surface area contributed by atoms with E-state index in [0.717, 1.165) is 5.56 Å². The number of benzene rings is 1. The fourth-order valence-electron chi connectivity index (χ4n) is 1.62. The molecule has 0 aliphatic heterocycles. The van der Waals surface area contributed by atoms with Crippen LogP contribution in [-0.2, 0) is 11.3 Å². The molecule has 0 radical (unpaired) electrons. The van der Waals surface area contributed by atoms with Gasteiger partial charge in [0, 0.05) is 12.6 Å². The van der Waals surface area contributed by atoms with E-state index in [-0.39, 0.29) is 19.3 Å². The molecule has 5 nitrogen and oxygen atoms in total. The van der Waals surface area contributed by atoms with Crippen molar-refractivity contribution in [2.24, 2.45) is 11.7 Å². The Balaban J connectivity index is 2.45.